The van der Waals surface area contributed by atoms with E-state index in [4.69, 9.17) is 0 Å². The SMILES string of the molecule is CC(C)c1cccc(C(C)C)c1NC(=O)N(Cc1cccn1Cc1ccccc1)C(C)C. The first-order chi connectivity index (χ1) is 15.3. The summed E-state index contributed by atoms with van der Waals surface area (Å²) in [6.45, 7) is 14.2. The van der Waals surface area contributed by atoms with Gasteiger partial charge in [0.05, 0.1) is 6.54 Å². The Morgan fingerprint density at radius 1 is 0.844 bits per heavy atom. The first-order valence-electron chi connectivity index (χ1n) is 11.7. The van der Waals surface area contributed by atoms with Crippen molar-refractivity contribution in [2.45, 2.75) is 72.5 Å². The highest BCUT2D eigenvalue weighted by atomic mass is 16.2. The zero-order valence-corrected chi connectivity index (χ0v) is 20.3. The standard InChI is InChI=1S/C28H37N3O/c1-20(2)25-15-10-16-26(21(3)4)27(25)29-28(32)31(22(5)6)19-24-14-11-17-30(24)18-23-12-8-7-9-13-23/h7-17,20-22H,18-19H2,1-6H3,(H,29,32). The number of anilines is 1. The summed E-state index contributed by atoms with van der Waals surface area (Å²) in [6.07, 6.45) is 2.09. The summed E-state index contributed by atoms with van der Waals surface area (Å²) < 4.78 is 2.22. The van der Waals surface area contributed by atoms with Crippen LogP contribution in [0, 0.1) is 0 Å². The summed E-state index contributed by atoms with van der Waals surface area (Å²) in [4.78, 5) is 15.4. The molecule has 2 aromatic carbocycles. The van der Waals surface area contributed by atoms with Crippen LogP contribution in [0.25, 0.3) is 0 Å². The quantitative estimate of drug-likeness (QED) is 0.401. The Morgan fingerprint density at radius 2 is 1.47 bits per heavy atom. The smallest absolute Gasteiger partial charge is 0.322 e. The van der Waals surface area contributed by atoms with Crippen LogP contribution in [0.2, 0.25) is 0 Å². The average molecular weight is 432 g/mol. The van der Waals surface area contributed by atoms with Crippen molar-refractivity contribution >= 4 is 11.7 Å². The Bertz CT molecular complexity index is 992. The molecule has 0 spiro atoms. The van der Waals surface area contributed by atoms with Crippen molar-refractivity contribution in [1.82, 2.24) is 9.47 Å². The van der Waals surface area contributed by atoms with Gasteiger partial charge >= 0.3 is 6.03 Å². The van der Waals surface area contributed by atoms with Gasteiger partial charge in [-0.25, -0.2) is 4.79 Å². The van der Waals surface area contributed by atoms with Gasteiger partial charge in [-0.2, -0.15) is 0 Å². The Morgan fingerprint density at radius 3 is 2.03 bits per heavy atom. The molecule has 0 unspecified atom stereocenters. The molecule has 0 saturated heterocycles. The topological polar surface area (TPSA) is 37.3 Å². The molecule has 3 aromatic rings. The molecule has 0 aliphatic rings. The molecule has 1 N–H and O–H groups in total. The molecule has 0 bridgehead atoms. The van der Waals surface area contributed by atoms with Gasteiger partial charge in [0.2, 0.25) is 0 Å². The number of carbonyl (C=O) groups is 1. The lowest BCUT2D eigenvalue weighted by Crippen LogP contribution is -2.40. The predicted octanol–water partition coefficient (Wildman–Crippen LogP) is 7.23. The molecule has 4 nitrogen and oxygen atoms in total. The van der Waals surface area contributed by atoms with Gasteiger partial charge in [0.25, 0.3) is 0 Å². The average Bonchev–Trinajstić information content (AvgIpc) is 3.18. The molecule has 4 heteroatoms. The number of benzene rings is 2. The first kappa shape index (κ1) is 23.6. The first-order valence-corrected chi connectivity index (χ1v) is 11.7. The van der Waals surface area contributed by atoms with E-state index in [1.807, 2.05) is 11.0 Å². The van der Waals surface area contributed by atoms with E-state index in [0.29, 0.717) is 18.4 Å². The Balaban J connectivity index is 1.84. The molecular weight excluding hydrogens is 394 g/mol. The molecule has 0 atom stereocenters. The fraction of sp³-hybridized carbons (Fsp3) is 0.393. The number of amides is 2. The predicted molar refractivity (Wildman–Crippen MR) is 134 cm³/mol. The van der Waals surface area contributed by atoms with Crippen molar-refractivity contribution in [3.05, 3.63) is 89.2 Å². The molecule has 1 aromatic heterocycles. The van der Waals surface area contributed by atoms with Crippen molar-refractivity contribution in [2.24, 2.45) is 0 Å². The summed E-state index contributed by atoms with van der Waals surface area (Å²) in [5, 5.41) is 3.28. The lowest BCUT2D eigenvalue weighted by Gasteiger charge is -2.29. The second kappa shape index (κ2) is 10.5. The maximum Gasteiger partial charge on any atom is 0.322 e. The Hall–Kier alpha value is -3.01. The van der Waals surface area contributed by atoms with Gasteiger partial charge in [-0.05, 0) is 54.5 Å². The second-order valence-electron chi connectivity index (χ2n) is 9.39. The fourth-order valence-electron chi connectivity index (χ4n) is 4.06. The van der Waals surface area contributed by atoms with Gasteiger partial charge in [-0.1, -0.05) is 76.2 Å². The normalized spacial score (nSPS) is 11.4. The molecule has 0 aliphatic heterocycles. The minimum atomic E-state index is -0.0533. The van der Waals surface area contributed by atoms with Crippen molar-refractivity contribution in [3.63, 3.8) is 0 Å². The number of rotatable bonds is 8. The molecular formula is C28H37N3O. The maximum atomic E-state index is 13.5. The van der Waals surface area contributed by atoms with Gasteiger partial charge < -0.3 is 14.8 Å². The molecule has 0 aliphatic carbocycles. The van der Waals surface area contributed by atoms with Gasteiger partial charge in [0, 0.05) is 30.2 Å². The molecule has 0 radical (unpaired) electrons. The number of aromatic nitrogens is 1. The number of nitrogens with one attached hydrogen (secondary N) is 1. The third-order valence-electron chi connectivity index (χ3n) is 5.94. The molecule has 170 valence electrons. The van der Waals surface area contributed by atoms with Crippen LogP contribution in [0.3, 0.4) is 0 Å². The Kier molecular flexibility index (Phi) is 7.79. The van der Waals surface area contributed by atoms with Gasteiger partial charge in [0.15, 0.2) is 0 Å². The van der Waals surface area contributed by atoms with Gasteiger partial charge in [-0.3, -0.25) is 0 Å². The van der Waals surface area contributed by atoms with Gasteiger partial charge in [-0.15, -0.1) is 0 Å². The van der Waals surface area contributed by atoms with E-state index in [1.54, 1.807) is 0 Å². The number of para-hydroxylation sites is 1. The van der Waals surface area contributed by atoms with E-state index in [-0.39, 0.29) is 12.1 Å². The summed E-state index contributed by atoms with van der Waals surface area (Å²) in [6, 6.07) is 20.9. The monoisotopic (exact) mass is 431 g/mol. The van der Waals surface area contributed by atoms with Crippen LogP contribution in [0.1, 0.15) is 75.8 Å². The molecule has 3 rings (SSSR count). The van der Waals surface area contributed by atoms with E-state index in [9.17, 15) is 4.79 Å². The zero-order chi connectivity index (χ0) is 23.3. The molecule has 32 heavy (non-hydrogen) atoms. The van der Waals surface area contributed by atoms with Crippen molar-refractivity contribution < 1.29 is 4.79 Å². The maximum absolute atomic E-state index is 13.5. The minimum absolute atomic E-state index is 0.0533. The third kappa shape index (κ3) is 5.61. The molecule has 0 fully saturated rings. The molecule has 1 heterocycles. The van der Waals surface area contributed by atoms with E-state index < -0.39 is 0 Å². The Labute approximate surface area is 193 Å². The van der Waals surface area contributed by atoms with Crippen molar-refractivity contribution in [1.29, 1.82) is 0 Å². The summed E-state index contributed by atoms with van der Waals surface area (Å²) in [5.74, 6) is 0.666. The van der Waals surface area contributed by atoms with Crippen LogP contribution in [-0.4, -0.2) is 21.5 Å². The zero-order valence-electron chi connectivity index (χ0n) is 20.3. The van der Waals surface area contributed by atoms with Crippen LogP contribution < -0.4 is 5.32 Å². The van der Waals surface area contributed by atoms with Crippen molar-refractivity contribution in [2.75, 3.05) is 5.32 Å². The van der Waals surface area contributed by atoms with Crippen LogP contribution in [0.15, 0.2) is 66.9 Å². The summed E-state index contributed by atoms with van der Waals surface area (Å²) >= 11 is 0. The van der Waals surface area contributed by atoms with Crippen LogP contribution in [0.4, 0.5) is 10.5 Å². The summed E-state index contributed by atoms with van der Waals surface area (Å²) in [7, 11) is 0. The van der Waals surface area contributed by atoms with E-state index >= 15 is 0 Å². The number of hydrogen-bond acceptors (Lipinski definition) is 1. The fourth-order valence-corrected chi connectivity index (χ4v) is 4.06. The lowest BCUT2D eigenvalue weighted by molar-refractivity contribution is 0.192. The van der Waals surface area contributed by atoms with Gasteiger partial charge in [0.1, 0.15) is 0 Å². The number of nitrogens with zero attached hydrogens (tertiary/aromatic N) is 2. The number of urea groups is 1. The van der Waals surface area contributed by atoms with Crippen LogP contribution >= 0.6 is 0 Å². The minimum Gasteiger partial charge on any atom is -0.345 e. The highest BCUT2D eigenvalue weighted by Crippen LogP contribution is 2.32. The van der Waals surface area contributed by atoms with E-state index in [1.165, 1.54) is 16.7 Å². The number of carbonyl (C=O) groups excluding carboxylic acids is 1. The largest absolute Gasteiger partial charge is 0.345 e. The molecule has 2 amide bonds. The van der Waals surface area contributed by atoms with Crippen molar-refractivity contribution in [3.8, 4) is 0 Å². The lowest BCUT2D eigenvalue weighted by atomic mass is 9.93. The van der Waals surface area contributed by atoms with Crippen LogP contribution in [0.5, 0.6) is 0 Å². The van der Waals surface area contributed by atoms with E-state index in [2.05, 4.69) is 112 Å². The second-order valence-corrected chi connectivity index (χ2v) is 9.39. The highest BCUT2D eigenvalue weighted by Gasteiger charge is 2.22. The number of hydrogen-bond donors (Lipinski definition) is 1. The van der Waals surface area contributed by atoms with Crippen LogP contribution in [-0.2, 0) is 13.1 Å². The van der Waals surface area contributed by atoms with E-state index in [0.717, 1.165) is 17.9 Å². The third-order valence-corrected chi connectivity index (χ3v) is 5.94. The summed E-state index contributed by atoms with van der Waals surface area (Å²) in [5.41, 5.74) is 5.70. The highest BCUT2D eigenvalue weighted by molar-refractivity contribution is 5.91. The molecule has 0 saturated carbocycles.